The van der Waals surface area contributed by atoms with Crippen molar-refractivity contribution in [3.05, 3.63) is 35.1 Å². The molecule has 2 rings (SSSR count). The summed E-state index contributed by atoms with van der Waals surface area (Å²) in [4.78, 5) is 2.02. The summed E-state index contributed by atoms with van der Waals surface area (Å²) in [6.07, 6.45) is -4.51. The molecule has 0 saturated carbocycles. The quantitative estimate of drug-likeness (QED) is 0.844. The van der Waals surface area contributed by atoms with E-state index >= 15 is 0 Å². The molecule has 1 fully saturated rings. The number of benzene rings is 1. The first-order valence-corrected chi connectivity index (χ1v) is 6.17. The highest BCUT2D eigenvalue weighted by atomic mass is 35.5. The van der Waals surface area contributed by atoms with Crippen molar-refractivity contribution >= 4 is 12.4 Å². The van der Waals surface area contributed by atoms with Crippen LogP contribution in [0.25, 0.3) is 0 Å². The molecule has 1 N–H and O–H groups in total. The van der Waals surface area contributed by atoms with Crippen LogP contribution >= 0.6 is 12.4 Å². The molecular weight excluding hydrogens is 296 g/mol. The van der Waals surface area contributed by atoms with E-state index in [0.717, 1.165) is 25.7 Å². The SMILES string of the molecule is CC1CN(Cc2cc(F)cc(C(F)(F)F)c2)CCN1.Cl. The second-order valence-corrected chi connectivity index (χ2v) is 4.94. The minimum absolute atomic E-state index is 0. The third kappa shape index (κ3) is 4.61. The Morgan fingerprint density at radius 2 is 2.00 bits per heavy atom. The van der Waals surface area contributed by atoms with Gasteiger partial charge >= 0.3 is 6.18 Å². The van der Waals surface area contributed by atoms with Gasteiger partial charge in [-0.3, -0.25) is 4.90 Å². The second-order valence-electron chi connectivity index (χ2n) is 4.94. The van der Waals surface area contributed by atoms with Gasteiger partial charge in [0, 0.05) is 32.2 Å². The molecule has 1 aliphatic heterocycles. The van der Waals surface area contributed by atoms with Gasteiger partial charge in [0.1, 0.15) is 5.82 Å². The normalized spacial score (nSPS) is 20.6. The molecule has 1 aromatic carbocycles. The third-order valence-corrected chi connectivity index (χ3v) is 3.14. The molecule has 7 heteroatoms. The molecule has 1 aliphatic rings. The van der Waals surface area contributed by atoms with Crippen molar-refractivity contribution in [1.82, 2.24) is 10.2 Å². The molecule has 1 atom stereocenters. The van der Waals surface area contributed by atoms with E-state index < -0.39 is 17.6 Å². The molecule has 0 radical (unpaired) electrons. The maximum absolute atomic E-state index is 13.3. The zero-order chi connectivity index (χ0) is 14.0. The first-order chi connectivity index (χ1) is 8.84. The summed E-state index contributed by atoms with van der Waals surface area (Å²) < 4.78 is 51.1. The average molecular weight is 313 g/mol. The fourth-order valence-corrected chi connectivity index (χ4v) is 2.32. The maximum Gasteiger partial charge on any atom is 0.416 e. The smallest absolute Gasteiger partial charge is 0.312 e. The fourth-order valence-electron chi connectivity index (χ4n) is 2.32. The van der Waals surface area contributed by atoms with Gasteiger partial charge in [-0.2, -0.15) is 13.2 Å². The minimum Gasteiger partial charge on any atom is -0.312 e. The number of piperazine rings is 1. The van der Waals surface area contributed by atoms with Crippen molar-refractivity contribution in [2.24, 2.45) is 0 Å². The second kappa shape index (κ2) is 6.74. The highest BCUT2D eigenvalue weighted by Gasteiger charge is 2.31. The van der Waals surface area contributed by atoms with E-state index in [1.54, 1.807) is 0 Å². The Balaban J connectivity index is 0.00000200. The van der Waals surface area contributed by atoms with Crippen LogP contribution in [0.2, 0.25) is 0 Å². The number of hydrogen-bond acceptors (Lipinski definition) is 2. The minimum atomic E-state index is -4.51. The van der Waals surface area contributed by atoms with Crippen molar-refractivity contribution < 1.29 is 17.6 Å². The van der Waals surface area contributed by atoms with E-state index in [1.807, 2.05) is 11.8 Å². The van der Waals surface area contributed by atoms with Crippen LogP contribution in [-0.2, 0) is 12.7 Å². The number of halogens is 5. The van der Waals surface area contributed by atoms with Crippen molar-refractivity contribution in [3.8, 4) is 0 Å². The molecule has 1 aromatic rings. The zero-order valence-electron chi connectivity index (χ0n) is 11.0. The van der Waals surface area contributed by atoms with Gasteiger partial charge in [0.05, 0.1) is 5.56 Å². The standard InChI is InChI=1S/C13H16F4N2.ClH/c1-9-7-19(3-2-18-9)8-10-4-11(13(15,16)17)6-12(14)5-10;/h4-6,9,18H,2-3,7-8H2,1H3;1H. The first-order valence-electron chi connectivity index (χ1n) is 6.17. The van der Waals surface area contributed by atoms with Crippen molar-refractivity contribution in [2.45, 2.75) is 25.7 Å². The Labute approximate surface area is 121 Å². The van der Waals surface area contributed by atoms with E-state index in [9.17, 15) is 17.6 Å². The number of alkyl halides is 3. The molecule has 0 amide bonds. The fraction of sp³-hybridized carbons (Fsp3) is 0.538. The van der Waals surface area contributed by atoms with Crippen LogP contribution < -0.4 is 5.32 Å². The molecule has 1 unspecified atom stereocenters. The van der Waals surface area contributed by atoms with E-state index in [4.69, 9.17) is 0 Å². The van der Waals surface area contributed by atoms with Crippen LogP contribution in [0.4, 0.5) is 17.6 Å². The van der Waals surface area contributed by atoms with Crippen LogP contribution in [-0.4, -0.2) is 30.6 Å². The average Bonchev–Trinajstić information content (AvgIpc) is 2.26. The number of nitrogens with one attached hydrogen (secondary N) is 1. The lowest BCUT2D eigenvalue weighted by Gasteiger charge is -2.31. The third-order valence-electron chi connectivity index (χ3n) is 3.14. The largest absolute Gasteiger partial charge is 0.416 e. The lowest BCUT2D eigenvalue weighted by molar-refractivity contribution is -0.137. The van der Waals surface area contributed by atoms with Gasteiger partial charge in [0.15, 0.2) is 0 Å². The molecule has 0 aliphatic carbocycles. The Bertz CT molecular complexity index is 450. The van der Waals surface area contributed by atoms with E-state index in [-0.39, 0.29) is 12.4 Å². The van der Waals surface area contributed by atoms with E-state index in [0.29, 0.717) is 24.2 Å². The van der Waals surface area contributed by atoms with Crippen LogP contribution in [0.1, 0.15) is 18.1 Å². The van der Waals surface area contributed by atoms with Crippen molar-refractivity contribution in [3.63, 3.8) is 0 Å². The van der Waals surface area contributed by atoms with Crippen molar-refractivity contribution in [1.29, 1.82) is 0 Å². The summed E-state index contributed by atoms with van der Waals surface area (Å²) >= 11 is 0. The number of rotatable bonds is 2. The van der Waals surface area contributed by atoms with Gasteiger partial charge in [-0.1, -0.05) is 0 Å². The summed E-state index contributed by atoms with van der Waals surface area (Å²) in [6.45, 7) is 4.65. The zero-order valence-corrected chi connectivity index (χ0v) is 11.8. The van der Waals surface area contributed by atoms with Crippen LogP contribution in [0.3, 0.4) is 0 Å². The molecule has 2 nitrogen and oxygen atoms in total. The van der Waals surface area contributed by atoms with Gasteiger partial charge in [-0.05, 0) is 30.7 Å². The topological polar surface area (TPSA) is 15.3 Å². The molecule has 0 spiro atoms. The Hall–Kier alpha value is -0.850. The van der Waals surface area contributed by atoms with Gasteiger partial charge in [0.25, 0.3) is 0 Å². The summed E-state index contributed by atoms with van der Waals surface area (Å²) in [5, 5.41) is 3.25. The van der Waals surface area contributed by atoms with E-state index in [1.165, 1.54) is 6.07 Å². The van der Waals surface area contributed by atoms with Gasteiger partial charge in [-0.25, -0.2) is 4.39 Å². The Morgan fingerprint density at radius 3 is 2.60 bits per heavy atom. The Kier molecular flexibility index (Phi) is 5.79. The highest BCUT2D eigenvalue weighted by Crippen LogP contribution is 2.30. The van der Waals surface area contributed by atoms with Crippen LogP contribution in [0.5, 0.6) is 0 Å². The van der Waals surface area contributed by atoms with Gasteiger partial charge < -0.3 is 5.32 Å². The Morgan fingerprint density at radius 1 is 1.30 bits per heavy atom. The molecule has 1 heterocycles. The molecule has 114 valence electrons. The van der Waals surface area contributed by atoms with Crippen LogP contribution in [0, 0.1) is 5.82 Å². The lowest BCUT2D eigenvalue weighted by Crippen LogP contribution is -2.48. The lowest BCUT2D eigenvalue weighted by atomic mass is 10.1. The number of nitrogens with zero attached hydrogens (tertiary/aromatic N) is 1. The highest BCUT2D eigenvalue weighted by molar-refractivity contribution is 5.85. The van der Waals surface area contributed by atoms with Gasteiger partial charge in [-0.15, -0.1) is 12.4 Å². The summed E-state index contributed by atoms with van der Waals surface area (Å²) in [5.74, 6) is -0.840. The number of hydrogen-bond donors (Lipinski definition) is 1. The van der Waals surface area contributed by atoms with Crippen molar-refractivity contribution in [2.75, 3.05) is 19.6 Å². The monoisotopic (exact) mass is 312 g/mol. The summed E-state index contributed by atoms with van der Waals surface area (Å²) in [7, 11) is 0. The van der Waals surface area contributed by atoms with Crippen LogP contribution in [0.15, 0.2) is 18.2 Å². The molecule has 0 bridgehead atoms. The predicted molar refractivity (Wildman–Crippen MR) is 71.4 cm³/mol. The molecular formula is C13H17ClF4N2. The first kappa shape index (κ1) is 17.2. The molecule has 20 heavy (non-hydrogen) atoms. The summed E-state index contributed by atoms with van der Waals surface area (Å²) in [6, 6.07) is 3.02. The van der Waals surface area contributed by atoms with E-state index in [2.05, 4.69) is 5.32 Å². The summed E-state index contributed by atoms with van der Waals surface area (Å²) in [5.41, 5.74) is -0.563. The molecule has 1 saturated heterocycles. The maximum atomic E-state index is 13.3. The van der Waals surface area contributed by atoms with Gasteiger partial charge in [0.2, 0.25) is 0 Å². The molecule has 0 aromatic heterocycles. The predicted octanol–water partition coefficient (Wildman–Crippen LogP) is 3.06.